The Labute approximate surface area is 161 Å². The highest BCUT2D eigenvalue weighted by Gasteiger charge is 2.38. The van der Waals surface area contributed by atoms with Gasteiger partial charge in [0.2, 0.25) is 0 Å². The first-order valence-corrected chi connectivity index (χ1v) is 9.43. The van der Waals surface area contributed by atoms with Crippen LogP contribution in [0.1, 0.15) is 29.9 Å². The van der Waals surface area contributed by atoms with Crippen molar-refractivity contribution in [3.05, 3.63) is 58.2 Å². The molecule has 5 rings (SSSR count). The van der Waals surface area contributed by atoms with E-state index >= 15 is 0 Å². The molecule has 0 bridgehead atoms. The van der Waals surface area contributed by atoms with Crippen LogP contribution in [-0.4, -0.2) is 38.1 Å². The fourth-order valence-corrected chi connectivity index (χ4v) is 3.88. The van der Waals surface area contributed by atoms with Gasteiger partial charge in [0, 0.05) is 38.4 Å². The summed E-state index contributed by atoms with van der Waals surface area (Å²) < 4.78 is 15.3. The van der Waals surface area contributed by atoms with Gasteiger partial charge in [-0.05, 0) is 24.1 Å². The van der Waals surface area contributed by atoms with E-state index in [-0.39, 0.29) is 5.56 Å². The number of nitrogens with zero attached hydrogens (tertiary/aromatic N) is 4. The Hall–Kier alpha value is -2.95. The third kappa shape index (κ3) is 2.91. The van der Waals surface area contributed by atoms with Crippen LogP contribution in [0, 0.1) is 11.8 Å². The molecule has 1 fully saturated rings. The summed E-state index contributed by atoms with van der Waals surface area (Å²) in [7, 11) is 1.90. The predicted molar refractivity (Wildman–Crippen MR) is 103 cm³/mol. The summed E-state index contributed by atoms with van der Waals surface area (Å²) in [5.74, 6) is 6.45. The van der Waals surface area contributed by atoms with Crippen LogP contribution in [0.3, 0.4) is 0 Å². The normalized spacial score (nSPS) is 17.9. The van der Waals surface area contributed by atoms with Crippen LogP contribution in [0.4, 0.5) is 0 Å². The van der Waals surface area contributed by atoms with E-state index in [1.807, 2.05) is 29.8 Å². The molecule has 2 aliphatic heterocycles. The van der Waals surface area contributed by atoms with E-state index in [2.05, 4.69) is 16.8 Å². The molecule has 4 heterocycles. The molecule has 142 valence electrons. The predicted octanol–water partition coefficient (Wildman–Crippen LogP) is 1.61. The highest BCUT2D eigenvalue weighted by atomic mass is 16.7. The average molecular weight is 376 g/mol. The van der Waals surface area contributed by atoms with Gasteiger partial charge in [-0.25, -0.2) is 9.97 Å². The summed E-state index contributed by atoms with van der Waals surface area (Å²) in [4.78, 5) is 21.9. The number of hydrogen-bond donors (Lipinski definition) is 0. The quantitative estimate of drug-likeness (QED) is 0.558. The molecule has 2 aromatic heterocycles. The summed E-state index contributed by atoms with van der Waals surface area (Å²) in [6.07, 6.45) is 5.47. The third-order valence-electron chi connectivity index (χ3n) is 5.45. The van der Waals surface area contributed by atoms with Crippen molar-refractivity contribution in [1.82, 2.24) is 19.1 Å². The monoisotopic (exact) mass is 376 g/mol. The lowest BCUT2D eigenvalue weighted by Gasteiger charge is -2.24. The van der Waals surface area contributed by atoms with E-state index < -0.39 is 5.79 Å². The number of aryl methyl sites for hydroxylation is 2. The van der Waals surface area contributed by atoms with E-state index in [9.17, 15) is 4.79 Å². The minimum Gasteiger partial charge on any atom is -0.347 e. The van der Waals surface area contributed by atoms with Gasteiger partial charge in [0.05, 0.1) is 36.6 Å². The lowest BCUT2D eigenvalue weighted by atomic mass is 10.1. The zero-order valence-electron chi connectivity index (χ0n) is 15.6. The largest absolute Gasteiger partial charge is 0.347 e. The maximum atomic E-state index is 13.0. The van der Waals surface area contributed by atoms with E-state index in [0.717, 1.165) is 17.1 Å². The standard InChI is InChI=1S/C21H20N4O3/c1-24-14-22-13-16(24)4-2-15-3-5-17-18(12-15)23-19-6-7-21(27-10-11-28-21)8-9-25(19)20(17)26/h3,5,12-14H,6-11H2,1H3. The number of imidazole rings is 1. The molecular formula is C21H20N4O3. The smallest absolute Gasteiger partial charge is 0.261 e. The van der Waals surface area contributed by atoms with Crippen LogP contribution in [0.15, 0.2) is 35.5 Å². The molecule has 7 heteroatoms. The Balaban J connectivity index is 1.53. The molecule has 1 spiro atoms. The number of ether oxygens (including phenoxy) is 2. The summed E-state index contributed by atoms with van der Waals surface area (Å²) in [5.41, 5.74) is 2.31. The summed E-state index contributed by atoms with van der Waals surface area (Å²) in [6, 6.07) is 5.56. The highest BCUT2D eigenvalue weighted by Crippen LogP contribution is 2.31. The van der Waals surface area contributed by atoms with Gasteiger partial charge in [0.15, 0.2) is 5.79 Å². The number of benzene rings is 1. The van der Waals surface area contributed by atoms with E-state index in [4.69, 9.17) is 14.5 Å². The Bertz CT molecular complexity index is 1180. The molecule has 0 radical (unpaired) electrons. The van der Waals surface area contributed by atoms with E-state index in [1.54, 1.807) is 17.1 Å². The van der Waals surface area contributed by atoms with Crippen molar-refractivity contribution in [3.63, 3.8) is 0 Å². The third-order valence-corrected chi connectivity index (χ3v) is 5.45. The molecule has 1 saturated heterocycles. The zero-order chi connectivity index (χ0) is 19.1. The first-order chi connectivity index (χ1) is 13.6. The number of aromatic nitrogens is 4. The van der Waals surface area contributed by atoms with Gasteiger partial charge in [-0.15, -0.1) is 0 Å². The molecule has 28 heavy (non-hydrogen) atoms. The minimum absolute atomic E-state index is 0.0128. The fraction of sp³-hybridized carbons (Fsp3) is 0.381. The second-order valence-electron chi connectivity index (χ2n) is 7.21. The number of fused-ring (bicyclic) bond motifs is 2. The average Bonchev–Trinajstić information content (AvgIpc) is 3.28. The summed E-state index contributed by atoms with van der Waals surface area (Å²) >= 11 is 0. The van der Waals surface area contributed by atoms with Crippen molar-refractivity contribution < 1.29 is 9.47 Å². The Kier molecular flexibility index (Phi) is 4.04. The zero-order valence-corrected chi connectivity index (χ0v) is 15.6. The molecule has 0 amide bonds. The van der Waals surface area contributed by atoms with Crippen molar-refractivity contribution in [2.75, 3.05) is 13.2 Å². The van der Waals surface area contributed by atoms with Crippen LogP contribution in [0.25, 0.3) is 10.9 Å². The molecule has 0 unspecified atom stereocenters. The number of rotatable bonds is 0. The molecule has 0 N–H and O–H groups in total. The van der Waals surface area contributed by atoms with Gasteiger partial charge < -0.3 is 14.0 Å². The first kappa shape index (κ1) is 17.2. The maximum Gasteiger partial charge on any atom is 0.261 e. The Morgan fingerprint density at radius 1 is 1.18 bits per heavy atom. The molecule has 3 aromatic rings. The summed E-state index contributed by atoms with van der Waals surface area (Å²) in [6.45, 7) is 1.78. The van der Waals surface area contributed by atoms with Gasteiger partial charge in [0.1, 0.15) is 11.5 Å². The van der Waals surface area contributed by atoms with Gasteiger partial charge in [-0.3, -0.25) is 9.36 Å². The van der Waals surface area contributed by atoms with Gasteiger partial charge in [-0.1, -0.05) is 5.92 Å². The molecular weight excluding hydrogens is 356 g/mol. The molecule has 7 nitrogen and oxygen atoms in total. The van der Waals surface area contributed by atoms with Crippen LogP contribution in [0.5, 0.6) is 0 Å². The second kappa shape index (κ2) is 6.59. The van der Waals surface area contributed by atoms with Crippen molar-refractivity contribution in [2.24, 2.45) is 7.05 Å². The van der Waals surface area contributed by atoms with Crippen LogP contribution < -0.4 is 5.56 Å². The van der Waals surface area contributed by atoms with Gasteiger partial charge in [0.25, 0.3) is 5.56 Å². The van der Waals surface area contributed by atoms with Crippen molar-refractivity contribution >= 4 is 10.9 Å². The molecule has 0 atom stereocenters. The van der Waals surface area contributed by atoms with Crippen LogP contribution in [0.2, 0.25) is 0 Å². The van der Waals surface area contributed by atoms with Crippen molar-refractivity contribution in [3.8, 4) is 11.8 Å². The highest BCUT2D eigenvalue weighted by molar-refractivity contribution is 5.79. The molecule has 0 aliphatic carbocycles. The fourth-order valence-electron chi connectivity index (χ4n) is 3.88. The molecule has 0 saturated carbocycles. The summed E-state index contributed by atoms with van der Waals surface area (Å²) in [5, 5.41) is 0.610. The SMILES string of the molecule is Cn1cncc1C#Cc1ccc2c(=O)n3c(nc2c1)CCC1(CC3)OCCO1. The molecule has 2 aliphatic rings. The lowest BCUT2D eigenvalue weighted by Crippen LogP contribution is -2.31. The Morgan fingerprint density at radius 3 is 2.82 bits per heavy atom. The molecule has 1 aromatic carbocycles. The maximum absolute atomic E-state index is 13.0. The van der Waals surface area contributed by atoms with Crippen molar-refractivity contribution in [1.29, 1.82) is 0 Å². The van der Waals surface area contributed by atoms with Crippen LogP contribution in [-0.2, 0) is 29.5 Å². The Morgan fingerprint density at radius 2 is 2.04 bits per heavy atom. The van der Waals surface area contributed by atoms with Crippen LogP contribution >= 0.6 is 0 Å². The van der Waals surface area contributed by atoms with Crippen molar-refractivity contribution in [2.45, 2.75) is 31.6 Å². The number of hydrogen-bond acceptors (Lipinski definition) is 5. The lowest BCUT2D eigenvalue weighted by molar-refractivity contribution is -0.165. The van der Waals surface area contributed by atoms with E-state index in [1.165, 1.54) is 0 Å². The minimum atomic E-state index is -0.563. The first-order valence-electron chi connectivity index (χ1n) is 9.43. The van der Waals surface area contributed by atoms with Gasteiger partial charge in [-0.2, -0.15) is 0 Å². The second-order valence-corrected chi connectivity index (χ2v) is 7.21. The topological polar surface area (TPSA) is 71.2 Å². The van der Waals surface area contributed by atoms with E-state index in [0.29, 0.717) is 49.9 Å². The van der Waals surface area contributed by atoms with Gasteiger partial charge >= 0.3 is 0 Å².